The van der Waals surface area contributed by atoms with Crippen molar-refractivity contribution in [1.29, 1.82) is 0 Å². The Hall–Kier alpha value is -1.82. The molecule has 6 nitrogen and oxygen atoms in total. The SMILES string of the molecule is CC1CN(c2nccc(C(=O)O)c2N)CC(C)O1. The Labute approximate surface area is 105 Å². The summed E-state index contributed by atoms with van der Waals surface area (Å²) in [4.78, 5) is 17.2. The second kappa shape index (κ2) is 4.81. The Morgan fingerprint density at radius 3 is 2.67 bits per heavy atom. The van der Waals surface area contributed by atoms with Crippen LogP contribution < -0.4 is 10.6 Å². The fourth-order valence-corrected chi connectivity index (χ4v) is 2.25. The van der Waals surface area contributed by atoms with E-state index in [1.54, 1.807) is 0 Å². The predicted molar refractivity (Wildman–Crippen MR) is 67.8 cm³/mol. The van der Waals surface area contributed by atoms with Crippen LogP contribution in [0.4, 0.5) is 11.5 Å². The van der Waals surface area contributed by atoms with Crippen LogP contribution in [0, 0.1) is 0 Å². The van der Waals surface area contributed by atoms with Gasteiger partial charge in [-0.05, 0) is 19.9 Å². The zero-order valence-corrected chi connectivity index (χ0v) is 10.5. The highest BCUT2D eigenvalue weighted by atomic mass is 16.5. The third-order valence-electron chi connectivity index (χ3n) is 2.92. The monoisotopic (exact) mass is 251 g/mol. The van der Waals surface area contributed by atoms with Crippen LogP contribution in [0.5, 0.6) is 0 Å². The first-order chi connectivity index (χ1) is 8.49. The molecule has 1 aliphatic heterocycles. The lowest BCUT2D eigenvalue weighted by Crippen LogP contribution is -2.46. The van der Waals surface area contributed by atoms with Gasteiger partial charge < -0.3 is 20.5 Å². The number of aromatic nitrogens is 1. The summed E-state index contributed by atoms with van der Waals surface area (Å²) in [6.07, 6.45) is 1.62. The van der Waals surface area contributed by atoms with Crippen LogP contribution in [0.3, 0.4) is 0 Å². The summed E-state index contributed by atoms with van der Waals surface area (Å²) in [5.74, 6) is -0.512. The molecule has 0 saturated carbocycles. The van der Waals surface area contributed by atoms with Crippen molar-refractivity contribution in [1.82, 2.24) is 4.98 Å². The lowest BCUT2D eigenvalue weighted by atomic mass is 10.2. The van der Waals surface area contributed by atoms with Gasteiger partial charge in [0.1, 0.15) is 0 Å². The largest absolute Gasteiger partial charge is 0.478 e. The number of morpholine rings is 1. The Morgan fingerprint density at radius 2 is 2.11 bits per heavy atom. The van der Waals surface area contributed by atoms with E-state index in [9.17, 15) is 4.79 Å². The second-order valence-electron chi connectivity index (χ2n) is 4.56. The van der Waals surface area contributed by atoms with Crippen molar-refractivity contribution < 1.29 is 14.6 Å². The highest BCUT2D eigenvalue weighted by Crippen LogP contribution is 2.26. The standard InChI is InChI=1S/C12H17N3O3/c1-7-5-15(6-8(2)18-7)11-10(13)9(12(16)17)3-4-14-11/h3-4,7-8H,5-6,13H2,1-2H3,(H,16,17). The number of hydrogen-bond acceptors (Lipinski definition) is 5. The van der Waals surface area contributed by atoms with Crippen molar-refractivity contribution in [2.45, 2.75) is 26.1 Å². The van der Waals surface area contributed by atoms with Gasteiger partial charge in [-0.1, -0.05) is 0 Å². The maximum absolute atomic E-state index is 11.0. The quantitative estimate of drug-likeness (QED) is 0.814. The molecular formula is C12H17N3O3. The minimum absolute atomic E-state index is 0.0726. The molecule has 1 fully saturated rings. The third kappa shape index (κ3) is 2.38. The van der Waals surface area contributed by atoms with Crippen LogP contribution in [0.2, 0.25) is 0 Å². The number of nitrogens with two attached hydrogens (primary N) is 1. The molecule has 1 aromatic heterocycles. The van der Waals surface area contributed by atoms with E-state index in [1.165, 1.54) is 12.3 Å². The molecule has 98 valence electrons. The zero-order valence-electron chi connectivity index (χ0n) is 10.5. The van der Waals surface area contributed by atoms with Gasteiger partial charge in [0.25, 0.3) is 0 Å². The molecule has 1 aliphatic rings. The molecule has 18 heavy (non-hydrogen) atoms. The second-order valence-corrected chi connectivity index (χ2v) is 4.56. The molecule has 2 unspecified atom stereocenters. The van der Waals surface area contributed by atoms with Crippen LogP contribution in [-0.2, 0) is 4.74 Å². The molecule has 2 heterocycles. The van der Waals surface area contributed by atoms with E-state index in [0.29, 0.717) is 18.9 Å². The summed E-state index contributed by atoms with van der Waals surface area (Å²) in [7, 11) is 0. The summed E-state index contributed by atoms with van der Waals surface area (Å²) >= 11 is 0. The maximum Gasteiger partial charge on any atom is 0.337 e. The average Bonchev–Trinajstić information content (AvgIpc) is 2.27. The molecule has 0 radical (unpaired) electrons. The molecule has 0 spiro atoms. The van der Waals surface area contributed by atoms with E-state index in [0.717, 1.165) is 0 Å². The molecule has 3 N–H and O–H groups in total. The molecule has 0 amide bonds. The maximum atomic E-state index is 11.0. The first-order valence-electron chi connectivity index (χ1n) is 5.87. The van der Waals surface area contributed by atoms with Gasteiger partial charge >= 0.3 is 5.97 Å². The Kier molecular flexibility index (Phi) is 3.38. The first kappa shape index (κ1) is 12.6. The average molecular weight is 251 g/mol. The molecule has 6 heteroatoms. The van der Waals surface area contributed by atoms with Gasteiger partial charge in [-0.25, -0.2) is 9.78 Å². The van der Waals surface area contributed by atoms with E-state index in [-0.39, 0.29) is 23.5 Å². The van der Waals surface area contributed by atoms with Crippen molar-refractivity contribution in [2.75, 3.05) is 23.7 Å². The van der Waals surface area contributed by atoms with Crippen LogP contribution in [0.1, 0.15) is 24.2 Å². The third-order valence-corrected chi connectivity index (χ3v) is 2.92. The summed E-state index contributed by atoms with van der Waals surface area (Å²) in [5.41, 5.74) is 6.18. The summed E-state index contributed by atoms with van der Waals surface area (Å²) < 4.78 is 5.63. The van der Waals surface area contributed by atoms with E-state index < -0.39 is 5.97 Å². The zero-order chi connectivity index (χ0) is 13.3. The van der Waals surface area contributed by atoms with Gasteiger partial charge in [-0.15, -0.1) is 0 Å². The van der Waals surface area contributed by atoms with Crippen LogP contribution in [0.15, 0.2) is 12.3 Å². The van der Waals surface area contributed by atoms with Gasteiger partial charge in [0.2, 0.25) is 0 Å². The fraction of sp³-hybridized carbons (Fsp3) is 0.500. The number of carboxylic acids is 1. The number of carboxylic acid groups (broad SMARTS) is 1. The number of rotatable bonds is 2. The molecule has 0 aliphatic carbocycles. The van der Waals surface area contributed by atoms with Gasteiger partial charge in [0.05, 0.1) is 23.5 Å². The lowest BCUT2D eigenvalue weighted by molar-refractivity contribution is -0.00540. The minimum atomic E-state index is -1.04. The van der Waals surface area contributed by atoms with Crippen LogP contribution in [-0.4, -0.2) is 41.4 Å². The Bertz CT molecular complexity index is 454. The number of ether oxygens (including phenoxy) is 1. The molecule has 1 saturated heterocycles. The molecule has 2 atom stereocenters. The highest BCUT2D eigenvalue weighted by Gasteiger charge is 2.25. The molecular weight excluding hydrogens is 234 g/mol. The van der Waals surface area contributed by atoms with E-state index in [2.05, 4.69) is 4.98 Å². The molecule has 1 aromatic rings. The number of hydrogen-bond donors (Lipinski definition) is 2. The number of aromatic carboxylic acids is 1. The van der Waals surface area contributed by atoms with Crippen molar-refractivity contribution in [3.05, 3.63) is 17.8 Å². The van der Waals surface area contributed by atoms with Crippen LogP contribution >= 0.6 is 0 Å². The molecule has 0 bridgehead atoms. The van der Waals surface area contributed by atoms with Gasteiger partial charge in [-0.2, -0.15) is 0 Å². The van der Waals surface area contributed by atoms with Crippen LogP contribution in [0.25, 0.3) is 0 Å². The van der Waals surface area contributed by atoms with Gasteiger partial charge in [0, 0.05) is 19.3 Å². The fourth-order valence-electron chi connectivity index (χ4n) is 2.25. The van der Waals surface area contributed by atoms with E-state index in [1.807, 2.05) is 18.7 Å². The summed E-state index contributed by atoms with van der Waals surface area (Å²) in [5, 5.41) is 9.04. The number of carbonyl (C=O) groups is 1. The van der Waals surface area contributed by atoms with Crippen molar-refractivity contribution in [2.24, 2.45) is 0 Å². The summed E-state index contributed by atoms with van der Waals surface area (Å²) in [6.45, 7) is 5.26. The predicted octanol–water partition coefficient (Wildman–Crippen LogP) is 0.976. The minimum Gasteiger partial charge on any atom is -0.478 e. The topological polar surface area (TPSA) is 88.7 Å². The van der Waals surface area contributed by atoms with Crippen molar-refractivity contribution in [3.8, 4) is 0 Å². The summed E-state index contributed by atoms with van der Waals surface area (Å²) in [6, 6.07) is 1.41. The normalized spacial score (nSPS) is 24.0. The smallest absolute Gasteiger partial charge is 0.337 e. The highest BCUT2D eigenvalue weighted by molar-refractivity contribution is 5.96. The number of nitrogens with zero attached hydrogens (tertiary/aromatic N) is 2. The lowest BCUT2D eigenvalue weighted by Gasteiger charge is -2.36. The Balaban J connectivity index is 2.33. The molecule has 2 rings (SSSR count). The van der Waals surface area contributed by atoms with E-state index in [4.69, 9.17) is 15.6 Å². The number of nitrogen functional groups attached to an aromatic ring is 1. The Morgan fingerprint density at radius 1 is 1.50 bits per heavy atom. The van der Waals surface area contributed by atoms with Crippen molar-refractivity contribution >= 4 is 17.5 Å². The number of pyridine rings is 1. The van der Waals surface area contributed by atoms with Gasteiger partial charge in [0.15, 0.2) is 5.82 Å². The van der Waals surface area contributed by atoms with Crippen molar-refractivity contribution in [3.63, 3.8) is 0 Å². The number of anilines is 2. The van der Waals surface area contributed by atoms with E-state index >= 15 is 0 Å². The van der Waals surface area contributed by atoms with Gasteiger partial charge in [-0.3, -0.25) is 0 Å². The molecule has 0 aromatic carbocycles. The first-order valence-corrected chi connectivity index (χ1v) is 5.87.